The number of aromatic nitrogens is 2. The van der Waals surface area contributed by atoms with Gasteiger partial charge in [-0.25, -0.2) is 0 Å². The fourth-order valence-corrected chi connectivity index (χ4v) is 3.67. The molecule has 2 aromatic heterocycles. The Labute approximate surface area is 174 Å². The van der Waals surface area contributed by atoms with Crippen molar-refractivity contribution in [2.24, 2.45) is 0 Å². The summed E-state index contributed by atoms with van der Waals surface area (Å²) < 4.78 is 0. The van der Waals surface area contributed by atoms with Crippen LogP contribution in [0.4, 0.5) is 5.69 Å². The SMILES string of the molecule is O=C(c1cccc2cccnc12)N(Cc1ccc2ccccc2n1)c1ccccc1. The van der Waals surface area contributed by atoms with E-state index in [9.17, 15) is 4.79 Å². The first-order valence-corrected chi connectivity index (χ1v) is 9.85. The van der Waals surface area contributed by atoms with E-state index in [4.69, 9.17) is 4.98 Å². The monoisotopic (exact) mass is 389 g/mol. The molecule has 0 unspecified atom stereocenters. The Balaban J connectivity index is 1.59. The lowest BCUT2D eigenvalue weighted by Gasteiger charge is -2.23. The summed E-state index contributed by atoms with van der Waals surface area (Å²) in [5, 5.41) is 2.03. The summed E-state index contributed by atoms with van der Waals surface area (Å²) in [6.07, 6.45) is 1.72. The van der Waals surface area contributed by atoms with Crippen LogP contribution in [0.25, 0.3) is 21.8 Å². The van der Waals surface area contributed by atoms with Gasteiger partial charge < -0.3 is 4.90 Å². The van der Waals surface area contributed by atoms with E-state index < -0.39 is 0 Å². The highest BCUT2D eigenvalue weighted by Crippen LogP contribution is 2.24. The lowest BCUT2D eigenvalue weighted by molar-refractivity contribution is 0.0986. The third kappa shape index (κ3) is 3.40. The smallest absolute Gasteiger partial charge is 0.260 e. The Bertz CT molecular complexity index is 1340. The third-order valence-electron chi connectivity index (χ3n) is 5.15. The summed E-state index contributed by atoms with van der Waals surface area (Å²) in [6.45, 7) is 0.372. The van der Waals surface area contributed by atoms with E-state index in [2.05, 4.69) is 4.98 Å². The molecular formula is C26H19N3O. The molecule has 0 N–H and O–H groups in total. The molecule has 4 heteroatoms. The topological polar surface area (TPSA) is 46.1 Å². The van der Waals surface area contributed by atoms with Crippen LogP contribution in [0.15, 0.2) is 103 Å². The van der Waals surface area contributed by atoms with Crippen molar-refractivity contribution < 1.29 is 4.79 Å². The molecule has 0 atom stereocenters. The van der Waals surface area contributed by atoms with Crippen molar-refractivity contribution in [1.82, 2.24) is 9.97 Å². The summed E-state index contributed by atoms with van der Waals surface area (Å²) in [5.41, 5.74) is 3.86. The standard InChI is InChI=1S/C26H19N3O/c30-26(23-13-6-9-20-10-7-17-27-25(20)23)29(22-11-2-1-3-12-22)18-21-16-15-19-8-4-5-14-24(19)28-21/h1-17H,18H2. The minimum absolute atomic E-state index is 0.0968. The largest absolute Gasteiger partial charge is 0.302 e. The van der Waals surface area contributed by atoms with Crippen molar-refractivity contribution in [3.05, 3.63) is 115 Å². The number of hydrogen-bond acceptors (Lipinski definition) is 3. The molecular weight excluding hydrogens is 370 g/mol. The van der Waals surface area contributed by atoms with Crippen molar-refractivity contribution in [3.63, 3.8) is 0 Å². The van der Waals surface area contributed by atoms with Gasteiger partial charge in [-0.1, -0.05) is 60.7 Å². The first kappa shape index (κ1) is 18.0. The zero-order valence-corrected chi connectivity index (χ0v) is 16.3. The lowest BCUT2D eigenvalue weighted by Crippen LogP contribution is -2.31. The molecule has 0 saturated carbocycles. The second-order valence-corrected chi connectivity index (χ2v) is 7.10. The Morgan fingerprint density at radius 2 is 1.50 bits per heavy atom. The Hall–Kier alpha value is -4.05. The van der Waals surface area contributed by atoms with Crippen molar-refractivity contribution in [1.29, 1.82) is 0 Å². The Kier molecular flexibility index (Phi) is 4.66. The average molecular weight is 389 g/mol. The molecule has 0 spiro atoms. The quantitative estimate of drug-likeness (QED) is 0.400. The van der Waals surface area contributed by atoms with Gasteiger partial charge in [-0.05, 0) is 36.4 Å². The molecule has 0 saturated heterocycles. The molecule has 30 heavy (non-hydrogen) atoms. The molecule has 0 bridgehead atoms. The summed E-state index contributed by atoms with van der Waals surface area (Å²) in [7, 11) is 0. The van der Waals surface area contributed by atoms with E-state index in [0.29, 0.717) is 17.6 Å². The number of rotatable bonds is 4. The van der Waals surface area contributed by atoms with Crippen LogP contribution in [0, 0.1) is 0 Å². The van der Waals surface area contributed by atoms with Crippen molar-refractivity contribution in [2.75, 3.05) is 4.90 Å². The minimum atomic E-state index is -0.0968. The average Bonchev–Trinajstić information content (AvgIpc) is 2.82. The van der Waals surface area contributed by atoms with Crippen molar-refractivity contribution in [2.45, 2.75) is 6.54 Å². The van der Waals surface area contributed by atoms with Gasteiger partial charge in [0.05, 0.1) is 28.8 Å². The van der Waals surface area contributed by atoms with Crippen LogP contribution in [0.2, 0.25) is 0 Å². The van der Waals surface area contributed by atoms with Gasteiger partial charge >= 0.3 is 0 Å². The van der Waals surface area contributed by atoms with Crippen LogP contribution in [-0.2, 0) is 6.54 Å². The van der Waals surface area contributed by atoms with Gasteiger partial charge in [-0.3, -0.25) is 14.8 Å². The zero-order chi connectivity index (χ0) is 20.3. The number of amides is 1. The second kappa shape index (κ2) is 7.76. The number of para-hydroxylation sites is 3. The van der Waals surface area contributed by atoms with Gasteiger partial charge in [0.15, 0.2) is 0 Å². The minimum Gasteiger partial charge on any atom is -0.302 e. The highest BCUT2D eigenvalue weighted by molar-refractivity contribution is 6.13. The first-order chi connectivity index (χ1) is 14.8. The Morgan fingerprint density at radius 3 is 2.40 bits per heavy atom. The van der Waals surface area contributed by atoms with Crippen LogP contribution in [0.5, 0.6) is 0 Å². The van der Waals surface area contributed by atoms with Gasteiger partial charge in [0.1, 0.15) is 0 Å². The molecule has 0 fully saturated rings. The van der Waals surface area contributed by atoms with E-state index in [1.807, 2.05) is 97.1 Å². The third-order valence-corrected chi connectivity index (χ3v) is 5.15. The first-order valence-electron chi connectivity index (χ1n) is 9.85. The van der Waals surface area contributed by atoms with Crippen molar-refractivity contribution in [3.8, 4) is 0 Å². The summed E-state index contributed by atoms with van der Waals surface area (Å²) in [5.74, 6) is -0.0968. The maximum absolute atomic E-state index is 13.7. The number of pyridine rings is 2. The van der Waals surface area contributed by atoms with Gasteiger partial charge in [0.2, 0.25) is 0 Å². The number of carbonyl (C=O) groups is 1. The number of benzene rings is 3. The summed E-state index contributed by atoms with van der Waals surface area (Å²) in [6, 6.07) is 31.3. The lowest BCUT2D eigenvalue weighted by atomic mass is 10.1. The normalized spacial score (nSPS) is 10.9. The van der Waals surface area contributed by atoms with Crippen LogP contribution in [0.3, 0.4) is 0 Å². The number of hydrogen-bond donors (Lipinski definition) is 0. The van der Waals surface area contributed by atoms with Gasteiger partial charge in [0.25, 0.3) is 5.91 Å². The molecule has 0 radical (unpaired) electrons. The fourth-order valence-electron chi connectivity index (χ4n) is 3.67. The molecule has 4 nitrogen and oxygen atoms in total. The molecule has 3 aromatic carbocycles. The number of carbonyl (C=O) groups excluding carboxylic acids is 1. The van der Waals surface area contributed by atoms with E-state index in [1.54, 1.807) is 11.1 Å². The molecule has 5 aromatic rings. The molecule has 144 valence electrons. The van der Waals surface area contributed by atoms with Gasteiger partial charge in [0, 0.05) is 22.7 Å². The van der Waals surface area contributed by atoms with E-state index >= 15 is 0 Å². The molecule has 0 aliphatic rings. The predicted octanol–water partition coefficient (Wildman–Crippen LogP) is 5.63. The van der Waals surface area contributed by atoms with Crippen LogP contribution in [0.1, 0.15) is 16.1 Å². The maximum atomic E-state index is 13.7. The molecule has 1 amide bonds. The molecule has 0 aliphatic carbocycles. The molecule has 0 aliphatic heterocycles. The highest BCUT2D eigenvalue weighted by Gasteiger charge is 2.21. The fraction of sp³-hybridized carbons (Fsp3) is 0.0385. The highest BCUT2D eigenvalue weighted by atomic mass is 16.2. The molecule has 5 rings (SSSR count). The number of fused-ring (bicyclic) bond motifs is 2. The Morgan fingerprint density at radius 1 is 0.733 bits per heavy atom. The van der Waals surface area contributed by atoms with Crippen LogP contribution < -0.4 is 4.90 Å². The number of nitrogens with zero attached hydrogens (tertiary/aromatic N) is 3. The van der Waals surface area contributed by atoms with E-state index in [0.717, 1.165) is 27.7 Å². The number of anilines is 1. The van der Waals surface area contributed by atoms with Crippen LogP contribution in [-0.4, -0.2) is 15.9 Å². The molecule has 2 heterocycles. The van der Waals surface area contributed by atoms with Crippen molar-refractivity contribution >= 4 is 33.4 Å². The summed E-state index contributed by atoms with van der Waals surface area (Å²) >= 11 is 0. The predicted molar refractivity (Wildman–Crippen MR) is 120 cm³/mol. The van der Waals surface area contributed by atoms with Gasteiger partial charge in [-0.2, -0.15) is 0 Å². The van der Waals surface area contributed by atoms with E-state index in [1.165, 1.54) is 0 Å². The maximum Gasteiger partial charge on any atom is 0.260 e. The van der Waals surface area contributed by atoms with Crippen LogP contribution >= 0.6 is 0 Å². The zero-order valence-electron chi connectivity index (χ0n) is 16.3. The second-order valence-electron chi connectivity index (χ2n) is 7.10. The van der Waals surface area contributed by atoms with Gasteiger partial charge in [-0.15, -0.1) is 0 Å². The van der Waals surface area contributed by atoms with E-state index in [-0.39, 0.29) is 5.91 Å². The summed E-state index contributed by atoms with van der Waals surface area (Å²) in [4.78, 5) is 24.7.